The van der Waals surface area contributed by atoms with E-state index >= 15 is 0 Å². The van der Waals surface area contributed by atoms with Crippen molar-refractivity contribution in [1.29, 1.82) is 0 Å². The number of rotatable bonds is 5. The molecule has 0 saturated heterocycles. The second-order valence-electron chi connectivity index (χ2n) is 6.76. The van der Waals surface area contributed by atoms with Gasteiger partial charge in [-0.2, -0.15) is 0 Å². The standard InChI is InChI=1S/C22H21ClN4O2/c1-28-17-4-2-3-14(9-17)12-29-21-8-5-15(10-19(21)23)22(25)18-11-16(24)6-7-20(18)26-13-27-22/h2-11,13H,12,24-25H2,1H3,(H,26,27). The zero-order valence-electron chi connectivity index (χ0n) is 15.9. The molecule has 1 atom stereocenters. The Morgan fingerprint density at radius 2 is 1.97 bits per heavy atom. The van der Waals surface area contributed by atoms with Gasteiger partial charge in [-0.15, -0.1) is 0 Å². The smallest absolute Gasteiger partial charge is 0.163 e. The predicted octanol–water partition coefficient (Wildman–Crippen LogP) is 4.12. The van der Waals surface area contributed by atoms with Gasteiger partial charge in [-0.05, 0) is 48.0 Å². The Kier molecular flexibility index (Phi) is 5.05. The number of hydrogen-bond acceptors (Lipinski definition) is 6. The van der Waals surface area contributed by atoms with E-state index in [0.717, 1.165) is 28.1 Å². The Bertz CT molecular complexity index is 1090. The number of aliphatic imine (C=N–C) groups is 1. The van der Waals surface area contributed by atoms with Gasteiger partial charge >= 0.3 is 0 Å². The number of hydrogen-bond donors (Lipinski definition) is 3. The average molecular weight is 409 g/mol. The highest BCUT2D eigenvalue weighted by molar-refractivity contribution is 6.32. The van der Waals surface area contributed by atoms with Gasteiger partial charge in [0.1, 0.15) is 18.1 Å². The first-order valence-electron chi connectivity index (χ1n) is 9.04. The number of nitrogen functional groups attached to an aromatic ring is 1. The average Bonchev–Trinajstić information content (AvgIpc) is 2.73. The molecule has 3 aromatic carbocycles. The van der Waals surface area contributed by atoms with Crippen molar-refractivity contribution in [1.82, 2.24) is 0 Å². The van der Waals surface area contributed by atoms with Crippen LogP contribution in [0.1, 0.15) is 16.7 Å². The van der Waals surface area contributed by atoms with E-state index in [1.54, 1.807) is 25.6 Å². The van der Waals surface area contributed by atoms with E-state index in [2.05, 4.69) is 10.3 Å². The molecule has 0 amide bonds. The van der Waals surface area contributed by atoms with E-state index in [0.29, 0.717) is 23.1 Å². The summed E-state index contributed by atoms with van der Waals surface area (Å²) >= 11 is 6.50. The van der Waals surface area contributed by atoms with Crippen LogP contribution in [0.15, 0.2) is 65.7 Å². The molecule has 0 aromatic heterocycles. The first-order valence-corrected chi connectivity index (χ1v) is 9.42. The summed E-state index contributed by atoms with van der Waals surface area (Å²) in [5, 5.41) is 3.55. The molecule has 0 spiro atoms. The van der Waals surface area contributed by atoms with Gasteiger partial charge in [0.15, 0.2) is 5.66 Å². The molecule has 0 fully saturated rings. The number of ether oxygens (including phenoxy) is 2. The van der Waals surface area contributed by atoms with Crippen molar-refractivity contribution in [2.24, 2.45) is 10.7 Å². The van der Waals surface area contributed by atoms with E-state index in [1.807, 2.05) is 48.5 Å². The maximum atomic E-state index is 6.67. The second kappa shape index (κ2) is 7.66. The Morgan fingerprint density at radius 1 is 1.10 bits per heavy atom. The van der Waals surface area contributed by atoms with Gasteiger partial charge in [-0.25, -0.2) is 4.99 Å². The highest BCUT2D eigenvalue weighted by Crippen LogP contribution is 2.39. The summed E-state index contributed by atoms with van der Waals surface area (Å²) in [6.45, 7) is 0.367. The molecular formula is C22H21ClN4O2. The first kappa shape index (κ1) is 19.1. The van der Waals surface area contributed by atoms with Crippen molar-refractivity contribution < 1.29 is 9.47 Å². The van der Waals surface area contributed by atoms with Gasteiger partial charge in [0.25, 0.3) is 0 Å². The number of anilines is 2. The summed E-state index contributed by atoms with van der Waals surface area (Å²) in [6.07, 6.45) is 1.58. The van der Waals surface area contributed by atoms with Crippen LogP contribution < -0.4 is 26.3 Å². The molecule has 7 heteroatoms. The molecule has 1 unspecified atom stereocenters. The number of methoxy groups -OCH3 is 1. The Morgan fingerprint density at radius 3 is 2.76 bits per heavy atom. The van der Waals surface area contributed by atoms with Gasteiger partial charge in [0.05, 0.1) is 18.5 Å². The van der Waals surface area contributed by atoms with Crippen LogP contribution >= 0.6 is 11.6 Å². The Labute approximate surface area is 174 Å². The fourth-order valence-corrected chi connectivity index (χ4v) is 3.52. The van der Waals surface area contributed by atoms with Crippen molar-refractivity contribution >= 4 is 29.3 Å². The molecule has 1 aliphatic rings. The lowest BCUT2D eigenvalue weighted by Crippen LogP contribution is -2.39. The number of fused-ring (bicyclic) bond motifs is 1. The normalized spacial score (nSPS) is 17.3. The number of benzene rings is 3. The largest absolute Gasteiger partial charge is 0.497 e. The van der Waals surface area contributed by atoms with Crippen LogP contribution in [0, 0.1) is 0 Å². The SMILES string of the molecule is COc1cccc(COc2ccc(C3(N)N=CNc4ccc(N)cc43)cc2Cl)c1. The number of nitrogens with one attached hydrogen (secondary N) is 1. The van der Waals surface area contributed by atoms with Gasteiger partial charge in [-0.3, -0.25) is 5.73 Å². The summed E-state index contributed by atoms with van der Waals surface area (Å²) in [7, 11) is 1.63. The minimum Gasteiger partial charge on any atom is -0.497 e. The fraction of sp³-hybridized carbons (Fsp3) is 0.136. The number of nitrogens with zero attached hydrogens (tertiary/aromatic N) is 1. The fourth-order valence-electron chi connectivity index (χ4n) is 3.28. The topological polar surface area (TPSA) is 94.9 Å². The lowest BCUT2D eigenvalue weighted by Gasteiger charge is -2.31. The third-order valence-electron chi connectivity index (χ3n) is 4.84. The molecule has 3 aromatic rings. The predicted molar refractivity (Wildman–Crippen MR) is 117 cm³/mol. The number of nitrogens with two attached hydrogens (primary N) is 2. The minimum atomic E-state index is -1.09. The van der Waals surface area contributed by atoms with Crippen molar-refractivity contribution in [2.75, 3.05) is 18.2 Å². The van der Waals surface area contributed by atoms with Crippen molar-refractivity contribution in [3.63, 3.8) is 0 Å². The lowest BCUT2D eigenvalue weighted by molar-refractivity contribution is 0.305. The quantitative estimate of drug-likeness (QED) is 0.552. The van der Waals surface area contributed by atoms with Crippen LogP contribution in [0.3, 0.4) is 0 Å². The number of halogens is 1. The lowest BCUT2D eigenvalue weighted by atomic mass is 9.90. The molecule has 6 nitrogen and oxygen atoms in total. The van der Waals surface area contributed by atoms with E-state index < -0.39 is 5.66 Å². The molecule has 0 radical (unpaired) electrons. The highest BCUT2D eigenvalue weighted by Gasteiger charge is 2.34. The van der Waals surface area contributed by atoms with Crippen LogP contribution in [-0.4, -0.2) is 13.4 Å². The van der Waals surface area contributed by atoms with E-state index in [-0.39, 0.29) is 0 Å². The maximum Gasteiger partial charge on any atom is 0.163 e. The zero-order chi connectivity index (χ0) is 20.4. The second-order valence-corrected chi connectivity index (χ2v) is 7.17. The van der Waals surface area contributed by atoms with Gasteiger partial charge in [0, 0.05) is 22.5 Å². The van der Waals surface area contributed by atoms with Gasteiger partial charge in [0.2, 0.25) is 0 Å². The van der Waals surface area contributed by atoms with Gasteiger partial charge in [-0.1, -0.05) is 29.8 Å². The maximum absolute atomic E-state index is 6.67. The van der Waals surface area contributed by atoms with Crippen molar-refractivity contribution in [2.45, 2.75) is 12.3 Å². The third-order valence-corrected chi connectivity index (χ3v) is 5.14. The van der Waals surface area contributed by atoms with Gasteiger partial charge < -0.3 is 20.5 Å². The molecule has 4 rings (SSSR count). The van der Waals surface area contributed by atoms with Crippen LogP contribution in [0.25, 0.3) is 0 Å². The molecule has 0 saturated carbocycles. The van der Waals surface area contributed by atoms with Crippen LogP contribution in [0.4, 0.5) is 11.4 Å². The molecular weight excluding hydrogens is 388 g/mol. The molecule has 148 valence electrons. The molecule has 0 aliphatic carbocycles. The minimum absolute atomic E-state index is 0.367. The van der Waals surface area contributed by atoms with Crippen molar-refractivity contribution in [3.8, 4) is 11.5 Å². The zero-order valence-corrected chi connectivity index (χ0v) is 16.6. The summed E-state index contributed by atoms with van der Waals surface area (Å²) in [5.74, 6) is 1.34. The molecule has 1 aliphatic heterocycles. The first-order chi connectivity index (χ1) is 14.0. The summed E-state index contributed by atoms with van der Waals surface area (Å²) in [6, 6.07) is 18.6. The Hall–Kier alpha value is -3.22. The van der Waals surface area contributed by atoms with Crippen molar-refractivity contribution in [3.05, 3.63) is 82.4 Å². The van der Waals surface area contributed by atoms with E-state index in [4.69, 9.17) is 32.5 Å². The molecule has 5 N–H and O–H groups in total. The van der Waals surface area contributed by atoms with Crippen LogP contribution in [0.5, 0.6) is 11.5 Å². The van der Waals surface area contributed by atoms with Crippen LogP contribution in [-0.2, 0) is 12.3 Å². The van der Waals surface area contributed by atoms with Crippen LogP contribution in [0.2, 0.25) is 5.02 Å². The summed E-state index contributed by atoms with van der Waals surface area (Å²) in [4.78, 5) is 4.47. The molecule has 1 heterocycles. The molecule has 0 bridgehead atoms. The highest BCUT2D eigenvalue weighted by atomic mass is 35.5. The van der Waals surface area contributed by atoms with E-state index in [9.17, 15) is 0 Å². The third kappa shape index (κ3) is 3.72. The Balaban J connectivity index is 1.60. The summed E-state index contributed by atoms with van der Waals surface area (Å²) in [5.41, 5.74) is 15.5. The monoisotopic (exact) mass is 408 g/mol. The summed E-state index contributed by atoms with van der Waals surface area (Å²) < 4.78 is 11.1. The van der Waals surface area contributed by atoms with E-state index in [1.165, 1.54) is 0 Å². The molecule has 29 heavy (non-hydrogen) atoms.